The first-order valence-electron chi connectivity index (χ1n) is 6.43. The molecular weight excluding hydrogens is 264 g/mol. The SMILES string of the molecule is Cc1ccc(-c2nnc(N=C(N)N)c3ncccc23)cc1. The van der Waals surface area contributed by atoms with Crippen molar-refractivity contribution in [1.29, 1.82) is 0 Å². The van der Waals surface area contributed by atoms with Crippen LogP contribution < -0.4 is 11.5 Å². The fourth-order valence-electron chi connectivity index (χ4n) is 2.10. The molecule has 2 aromatic heterocycles. The highest BCUT2D eigenvalue weighted by atomic mass is 15.2. The lowest BCUT2D eigenvalue weighted by Gasteiger charge is -2.06. The number of aryl methyl sites for hydroxylation is 1. The van der Waals surface area contributed by atoms with Gasteiger partial charge in [-0.15, -0.1) is 10.2 Å². The smallest absolute Gasteiger partial charge is 0.204 e. The standard InChI is InChI=1S/C15H14N6/c1-9-4-6-10(7-5-9)12-11-3-2-8-18-13(11)14(21-20-12)19-15(16)17/h2-8H,1H3,(H4,16,17,19,21). The Kier molecular flexibility index (Phi) is 3.19. The van der Waals surface area contributed by atoms with Crippen molar-refractivity contribution in [3.63, 3.8) is 0 Å². The predicted molar refractivity (Wildman–Crippen MR) is 83.0 cm³/mol. The minimum absolute atomic E-state index is 0.0701. The molecule has 0 unspecified atom stereocenters. The summed E-state index contributed by atoms with van der Waals surface area (Å²) in [5.74, 6) is 0.251. The largest absolute Gasteiger partial charge is 0.370 e. The second-order valence-electron chi connectivity index (χ2n) is 4.67. The summed E-state index contributed by atoms with van der Waals surface area (Å²) in [6, 6.07) is 11.9. The van der Waals surface area contributed by atoms with Crippen LogP contribution in [0.1, 0.15) is 5.56 Å². The maximum atomic E-state index is 5.41. The summed E-state index contributed by atoms with van der Waals surface area (Å²) in [6.45, 7) is 2.04. The number of benzene rings is 1. The molecular formula is C15H14N6. The topological polar surface area (TPSA) is 103 Å². The molecule has 104 valence electrons. The van der Waals surface area contributed by atoms with Gasteiger partial charge in [0.2, 0.25) is 5.82 Å². The Bertz CT molecular complexity index is 819. The van der Waals surface area contributed by atoms with E-state index in [1.54, 1.807) is 6.20 Å². The lowest BCUT2D eigenvalue weighted by molar-refractivity contribution is 1.04. The molecule has 0 saturated heterocycles. The Morgan fingerprint density at radius 2 is 1.81 bits per heavy atom. The second-order valence-corrected chi connectivity index (χ2v) is 4.67. The van der Waals surface area contributed by atoms with Gasteiger partial charge in [-0.05, 0) is 19.1 Å². The van der Waals surface area contributed by atoms with Gasteiger partial charge >= 0.3 is 0 Å². The maximum absolute atomic E-state index is 5.41. The first-order valence-corrected chi connectivity index (χ1v) is 6.43. The highest BCUT2D eigenvalue weighted by molar-refractivity contribution is 5.97. The van der Waals surface area contributed by atoms with Gasteiger partial charge in [-0.2, -0.15) is 4.99 Å². The van der Waals surface area contributed by atoms with Crippen LogP contribution in [-0.4, -0.2) is 21.1 Å². The van der Waals surface area contributed by atoms with Gasteiger partial charge < -0.3 is 11.5 Å². The lowest BCUT2D eigenvalue weighted by Crippen LogP contribution is -2.22. The van der Waals surface area contributed by atoms with E-state index in [0.29, 0.717) is 11.3 Å². The van der Waals surface area contributed by atoms with Crippen molar-refractivity contribution in [2.45, 2.75) is 6.92 Å². The summed E-state index contributed by atoms with van der Waals surface area (Å²) in [7, 11) is 0. The number of fused-ring (bicyclic) bond motifs is 1. The van der Waals surface area contributed by atoms with E-state index >= 15 is 0 Å². The molecule has 0 radical (unpaired) electrons. The van der Waals surface area contributed by atoms with Crippen molar-refractivity contribution in [2.75, 3.05) is 0 Å². The van der Waals surface area contributed by atoms with Crippen LogP contribution in [0.5, 0.6) is 0 Å². The fourth-order valence-corrected chi connectivity index (χ4v) is 2.10. The van der Waals surface area contributed by atoms with Crippen LogP contribution in [0.2, 0.25) is 0 Å². The van der Waals surface area contributed by atoms with Gasteiger partial charge in [-0.1, -0.05) is 29.8 Å². The molecule has 0 aliphatic carbocycles. The molecule has 0 atom stereocenters. The fraction of sp³-hybridized carbons (Fsp3) is 0.0667. The molecule has 0 aliphatic heterocycles. The van der Waals surface area contributed by atoms with Crippen LogP contribution in [-0.2, 0) is 0 Å². The van der Waals surface area contributed by atoms with Crippen molar-refractivity contribution >= 4 is 22.7 Å². The van der Waals surface area contributed by atoms with Crippen LogP contribution in [0.15, 0.2) is 47.6 Å². The zero-order valence-electron chi connectivity index (χ0n) is 11.5. The van der Waals surface area contributed by atoms with Crippen molar-refractivity contribution in [3.05, 3.63) is 48.2 Å². The zero-order chi connectivity index (χ0) is 14.8. The summed E-state index contributed by atoms with van der Waals surface area (Å²) in [5, 5.41) is 9.20. The highest BCUT2D eigenvalue weighted by Crippen LogP contribution is 2.29. The van der Waals surface area contributed by atoms with Crippen LogP contribution in [0.4, 0.5) is 5.82 Å². The van der Waals surface area contributed by atoms with Crippen LogP contribution in [0, 0.1) is 6.92 Å². The average molecular weight is 278 g/mol. The Hall–Kier alpha value is -3.02. The molecule has 0 saturated carbocycles. The number of nitrogens with two attached hydrogens (primary N) is 2. The third-order valence-electron chi connectivity index (χ3n) is 3.08. The monoisotopic (exact) mass is 278 g/mol. The van der Waals surface area contributed by atoms with Gasteiger partial charge in [0.05, 0.1) is 0 Å². The van der Waals surface area contributed by atoms with Gasteiger partial charge in [-0.25, -0.2) is 0 Å². The number of hydrogen-bond acceptors (Lipinski definition) is 4. The highest BCUT2D eigenvalue weighted by Gasteiger charge is 2.11. The Balaban J connectivity index is 2.26. The molecule has 3 rings (SSSR count). The summed E-state index contributed by atoms with van der Waals surface area (Å²) in [5.41, 5.74) is 14.4. The van der Waals surface area contributed by atoms with Gasteiger partial charge in [0.1, 0.15) is 11.2 Å². The number of aliphatic imine (C=N–C) groups is 1. The molecule has 3 aromatic rings. The molecule has 2 heterocycles. The first kappa shape index (κ1) is 13.0. The van der Waals surface area contributed by atoms with Crippen molar-refractivity contribution in [3.8, 4) is 11.3 Å². The van der Waals surface area contributed by atoms with E-state index in [4.69, 9.17) is 11.5 Å². The van der Waals surface area contributed by atoms with Crippen molar-refractivity contribution in [2.24, 2.45) is 16.5 Å². The molecule has 21 heavy (non-hydrogen) atoms. The Morgan fingerprint density at radius 3 is 2.52 bits per heavy atom. The Morgan fingerprint density at radius 1 is 1.05 bits per heavy atom. The van der Waals surface area contributed by atoms with E-state index < -0.39 is 0 Å². The predicted octanol–water partition coefficient (Wildman–Crippen LogP) is 1.91. The minimum atomic E-state index is -0.0701. The molecule has 6 nitrogen and oxygen atoms in total. The third kappa shape index (κ3) is 2.51. The minimum Gasteiger partial charge on any atom is -0.370 e. The molecule has 0 bridgehead atoms. The zero-order valence-corrected chi connectivity index (χ0v) is 11.5. The Labute approximate surface area is 121 Å². The molecule has 0 amide bonds. The lowest BCUT2D eigenvalue weighted by atomic mass is 10.1. The molecule has 0 fully saturated rings. The van der Waals surface area contributed by atoms with Crippen LogP contribution in [0.25, 0.3) is 22.2 Å². The average Bonchev–Trinajstić information content (AvgIpc) is 2.48. The van der Waals surface area contributed by atoms with E-state index in [-0.39, 0.29) is 5.96 Å². The van der Waals surface area contributed by atoms with Gasteiger partial charge in [0.15, 0.2) is 5.96 Å². The quantitative estimate of drug-likeness (QED) is 0.550. The van der Waals surface area contributed by atoms with E-state index in [9.17, 15) is 0 Å². The number of pyridine rings is 1. The van der Waals surface area contributed by atoms with E-state index in [1.165, 1.54) is 5.56 Å². The van der Waals surface area contributed by atoms with Crippen molar-refractivity contribution < 1.29 is 0 Å². The van der Waals surface area contributed by atoms with E-state index in [2.05, 4.69) is 20.2 Å². The molecule has 0 spiro atoms. The summed E-state index contributed by atoms with van der Waals surface area (Å²) in [4.78, 5) is 8.29. The van der Waals surface area contributed by atoms with Gasteiger partial charge in [0, 0.05) is 17.1 Å². The number of rotatable bonds is 2. The molecule has 4 N–H and O–H groups in total. The van der Waals surface area contributed by atoms with Crippen LogP contribution in [0.3, 0.4) is 0 Å². The third-order valence-corrected chi connectivity index (χ3v) is 3.08. The number of hydrogen-bond donors (Lipinski definition) is 2. The summed E-state index contributed by atoms with van der Waals surface area (Å²) >= 11 is 0. The maximum Gasteiger partial charge on any atom is 0.204 e. The van der Waals surface area contributed by atoms with E-state index in [1.807, 2.05) is 43.3 Å². The molecule has 0 aliphatic rings. The summed E-state index contributed by atoms with van der Waals surface area (Å²) in [6.07, 6.45) is 1.68. The molecule has 1 aromatic carbocycles. The normalized spacial score (nSPS) is 10.5. The van der Waals surface area contributed by atoms with Crippen molar-refractivity contribution in [1.82, 2.24) is 15.2 Å². The van der Waals surface area contributed by atoms with E-state index in [0.717, 1.165) is 16.6 Å². The number of nitrogens with zero attached hydrogens (tertiary/aromatic N) is 4. The van der Waals surface area contributed by atoms with Gasteiger partial charge in [-0.3, -0.25) is 4.98 Å². The first-order chi connectivity index (χ1) is 10.1. The van der Waals surface area contributed by atoms with Gasteiger partial charge in [0.25, 0.3) is 0 Å². The second kappa shape index (κ2) is 5.16. The summed E-state index contributed by atoms with van der Waals surface area (Å²) < 4.78 is 0. The number of aromatic nitrogens is 3. The number of guanidine groups is 1. The van der Waals surface area contributed by atoms with Crippen LogP contribution >= 0.6 is 0 Å². The molecule has 6 heteroatoms.